The molecule has 2 aliphatic rings. The molecular formula is C50H38N2. The standard InChI is InChI=1S/C50H38N2/c1-33-9-8-12-40-29-39(25-28-44(33)40)42-31-47(51-48(32-42)41-22-19-34-10-2-3-11-38(34)30-41)37-20-17-35(18-21-37)36-23-26-43(27-24-36)52-49-15-6-4-13-45(49)46-14-5-7-16-50(46)52/h2-8,10-31,33,42H,9,32H2,1H3. The number of fused-ring (bicyclic) bond motifs is 5. The maximum Gasteiger partial charge on any atom is 0.0672 e. The highest BCUT2D eigenvalue weighted by atomic mass is 15.0. The summed E-state index contributed by atoms with van der Waals surface area (Å²) in [4.78, 5) is 5.36. The number of allylic oxidation sites excluding steroid dienone is 2. The van der Waals surface area contributed by atoms with Crippen molar-refractivity contribution in [3.8, 4) is 16.8 Å². The molecule has 7 aromatic carbocycles. The number of rotatable bonds is 5. The molecule has 0 radical (unpaired) electrons. The lowest BCUT2D eigenvalue weighted by Crippen LogP contribution is -2.13. The van der Waals surface area contributed by atoms with E-state index in [1.165, 1.54) is 71.6 Å². The summed E-state index contributed by atoms with van der Waals surface area (Å²) in [7, 11) is 0. The normalized spacial score (nSPS) is 16.9. The Labute approximate surface area is 304 Å². The lowest BCUT2D eigenvalue weighted by molar-refractivity contribution is 0.768. The van der Waals surface area contributed by atoms with E-state index >= 15 is 0 Å². The summed E-state index contributed by atoms with van der Waals surface area (Å²) in [5.41, 5.74) is 14.7. The molecule has 2 unspecified atom stereocenters. The van der Waals surface area contributed by atoms with Gasteiger partial charge < -0.3 is 4.57 Å². The van der Waals surface area contributed by atoms with E-state index in [1.54, 1.807) is 0 Å². The second kappa shape index (κ2) is 12.5. The highest BCUT2D eigenvalue weighted by Crippen LogP contribution is 2.38. The van der Waals surface area contributed by atoms with Crippen LogP contribution in [0.25, 0.3) is 61.2 Å². The Bertz CT molecular complexity index is 2680. The molecule has 0 bridgehead atoms. The third-order valence-electron chi connectivity index (χ3n) is 11.2. The molecule has 2 heterocycles. The predicted molar refractivity (Wildman–Crippen MR) is 221 cm³/mol. The van der Waals surface area contributed by atoms with Crippen molar-refractivity contribution in [1.82, 2.24) is 4.57 Å². The largest absolute Gasteiger partial charge is 0.309 e. The molecule has 0 saturated carbocycles. The van der Waals surface area contributed by atoms with E-state index in [0.717, 1.165) is 29.8 Å². The van der Waals surface area contributed by atoms with Crippen molar-refractivity contribution in [2.45, 2.75) is 31.6 Å². The zero-order valence-corrected chi connectivity index (χ0v) is 29.2. The van der Waals surface area contributed by atoms with Gasteiger partial charge in [-0.1, -0.05) is 153 Å². The van der Waals surface area contributed by atoms with Crippen molar-refractivity contribution in [3.63, 3.8) is 0 Å². The second-order valence-corrected chi connectivity index (χ2v) is 14.4. The predicted octanol–water partition coefficient (Wildman–Crippen LogP) is 13.1. The van der Waals surface area contributed by atoms with Crippen LogP contribution in [0.2, 0.25) is 0 Å². The molecule has 2 heteroatoms. The van der Waals surface area contributed by atoms with Crippen LogP contribution < -0.4 is 0 Å². The first-order valence-corrected chi connectivity index (χ1v) is 18.4. The first-order chi connectivity index (χ1) is 25.7. The van der Waals surface area contributed by atoms with Crippen LogP contribution >= 0.6 is 0 Å². The molecule has 0 N–H and O–H groups in total. The van der Waals surface area contributed by atoms with Gasteiger partial charge in [-0.15, -0.1) is 0 Å². The molecule has 8 aromatic rings. The molecule has 1 aliphatic heterocycles. The van der Waals surface area contributed by atoms with Gasteiger partial charge in [0.25, 0.3) is 0 Å². The summed E-state index contributed by atoms with van der Waals surface area (Å²) >= 11 is 0. The molecule has 52 heavy (non-hydrogen) atoms. The topological polar surface area (TPSA) is 17.3 Å². The van der Waals surface area contributed by atoms with Gasteiger partial charge in [0.2, 0.25) is 0 Å². The van der Waals surface area contributed by atoms with Crippen LogP contribution in [0.5, 0.6) is 0 Å². The van der Waals surface area contributed by atoms with E-state index in [-0.39, 0.29) is 5.92 Å². The molecular weight excluding hydrogens is 629 g/mol. The Morgan fingerprint density at radius 1 is 0.577 bits per heavy atom. The van der Waals surface area contributed by atoms with Crippen molar-refractivity contribution < 1.29 is 0 Å². The van der Waals surface area contributed by atoms with E-state index in [0.29, 0.717) is 5.92 Å². The van der Waals surface area contributed by atoms with Gasteiger partial charge in [0.15, 0.2) is 0 Å². The fourth-order valence-electron chi connectivity index (χ4n) is 8.39. The van der Waals surface area contributed by atoms with Crippen LogP contribution in [0, 0.1) is 0 Å². The maximum atomic E-state index is 5.36. The molecule has 0 spiro atoms. The molecule has 2 nitrogen and oxygen atoms in total. The van der Waals surface area contributed by atoms with Crippen LogP contribution in [-0.2, 0) is 0 Å². The van der Waals surface area contributed by atoms with Crippen LogP contribution in [0.1, 0.15) is 59.4 Å². The van der Waals surface area contributed by atoms with E-state index in [1.807, 2.05) is 0 Å². The van der Waals surface area contributed by atoms with Gasteiger partial charge in [0.05, 0.1) is 16.7 Å². The highest BCUT2D eigenvalue weighted by molar-refractivity contribution is 6.09. The van der Waals surface area contributed by atoms with Crippen molar-refractivity contribution in [1.29, 1.82) is 0 Å². The minimum atomic E-state index is 0.234. The number of nitrogens with zero attached hydrogens (tertiary/aromatic N) is 2. The lowest BCUT2D eigenvalue weighted by Gasteiger charge is -2.24. The molecule has 248 valence electrons. The number of benzene rings is 7. The quantitative estimate of drug-likeness (QED) is 0.174. The van der Waals surface area contributed by atoms with Crippen LogP contribution in [0.15, 0.2) is 175 Å². The zero-order chi connectivity index (χ0) is 34.6. The Kier molecular flexibility index (Phi) is 7.35. The summed E-state index contributed by atoms with van der Waals surface area (Å²) in [5, 5.41) is 5.06. The SMILES string of the molecule is CC1CC=Cc2cc(C3C=C(c4ccc(-c5ccc(-n6c7ccccc7c7ccccc76)cc5)cc4)N=C(c4ccc5ccccc5c4)C3)ccc21. The molecule has 2 atom stereocenters. The summed E-state index contributed by atoms with van der Waals surface area (Å²) in [6.45, 7) is 2.33. The second-order valence-electron chi connectivity index (χ2n) is 14.4. The van der Waals surface area contributed by atoms with Gasteiger partial charge in [-0.3, -0.25) is 4.99 Å². The van der Waals surface area contributed by atoms with Crippen LogP contribution in [-0.4, -0.2) is 10.3 Å². The van der Waals surface area contributed by atoms with Gasteiger partial charge in [-0.25, -0.2) is 0 Å². The summed E-state index contributed by atoms with van der Waals surface area (Å²) < 4.78 is 2.37. The molecule has 0 amide bonds. The molecule has 0 saturated heterocycles. The highest BCUT2D eigenvalue weighted by Gasteiger charge is 2.23. The Balaban J connectivity index is 0.998. The summed E-state index contributed by atoms with van der Waals surface area (Å²) in [6.07, 6.45) is 8.99. The number of aromatic nitrogens is 1. The van der Waals surface area contributed by atoms with E-state index < -0.39 is 0 Å². The fraction of sp³-hybridized carbons (Fsp3) is 0.100. The Hall–Kier alpha value is -6.25. The third kappa shape index (κ3) is 5.31. The van der Waals surface area contributed by atoms with Gasteiger partial charge in [-0.05, 0) is 92.4 Å². The Morgan fingerprint density at radius 2 is 1.21 bits per heavy atom. The van der Waals surface area contributed by atoms with Crippen LogP contribution in [0.3, 0.4) is 0 Å². The minimum absolute atomic E-state index is 0.234. The number of hydrogen-bond donors (Lipinski definition) is 0. The molecule has 10 rings (SSSR count). The smallest absolute Gasteiger partial charge is 0.0672 e. The van der Waals surface area contributed by atoms with Crippen LogP contribution in [0.4, 0.5) is 0 Å². The number of aliphatic imine (C=N–C) groups is 1. The number of hydrogen-bond acceptors (Lipinski definition) is 1. The summed E-state index contributed by atoms with van der Waals surface area (Å²) in [5.74, 6) is 0.794. The first-order valence-electron chi connectivity index (χ1n) is 18.4. The van der Waals surface area contributed by atoms with Crippen molar-refractivity contribution in [2.24, 2.45) is 4.99 Å². The third-order valence-corrected chi connectivity index (χ3v) is 11.2. The average Bonchev–Trinajstić information content (AvgIpc) is 3.55. The van der Waals surface area contributed by atoms with Gasteiger partial charge in [0.1, 0.15) is 0 Å². The van der Waals surface area contributed by atoms with E-state index in [4.69, 9.17) is 4.99 Å². The van der Waals surface area contributed by atoms with Crippen molar-refractivity contribution >= 4 is 50.1 Å². The van der Waals surface area contributed by atoms with E-state index in [9.17, 15) is 0 Å². The minimum Gasteiger partial charge on any atom is -0.309 e. The van der Waals surface area contributed by atoms with Gasteiger partial charge in [-0.2, -0.15) is 0 Å². The fourth-order valence-corrected chi connectivity index (χ4v) is 8.39. The van der Waals surface area contributed by atoms with Gasteiger partial charge >= 0.3 is 0 Å². The van der Waals surface area contributed by atoms with Crippen molar-refractivity contribution in [3.05, 3.63) is 198 Å². The number of para-hydroxylation sites is 2. The average molecular weight is 667 g/mol. The van der Waals surface area contributed by atoms with Crippen molar-refractivity contribution in [2.75, 3.05) is 0 Å². The molecule has 1 aromatic heterocycles. The van der Waals surface area contributed by atoms with Gasteiger partial charge in [0, 0.05) is 34.5 Å². The molecule has 0 fully saturated rings. The Morgan fingerprint density at radius 3 is 1.96 bits per heavy atom. The first kappa shape index (κ1) is 30.6. The molecule has 1 aliphatic carbocycles. The summed E-state index contributed by atoms with van der Waals surface area (Å²) in [6, 6.07) is 57.8. The lowest BCUT2D eigenvalue weighted by atomic mass is 9.82. The zero-order valence-electron chi connectivity index (χ0n) is 29.2. The van der Waals surface area contributed by atoms with E-state index in [2.05, 4.69) is 187 Å². The monoisotopic (exact) mass is 666 g/mol. The maximum absolute atomic E-state index is 5.36.